The summed E-state index contributed by atoms with van der Waals surface area (Å²) in [6, 6.07) is 1.67. The van der Waals surface area contributed by atoms with E-state index in [2.05, 4.69) is 22.2 Å². The van der Waals surface area contributed by atoms with Gasteiger partial charge in [0, 0.05) is 22.0 Å². The molecule has 1 aromatic heterocycles. The highest BCUT2D eigenvalue weighted by atomic mass is 79.9. The van der Waals surface area contributed by atoms with Crippen molar-refractivity contribution in [1.29, 1.82) is 0 Å². The van der Waals surface area contributed by atoms with Crippen LogP contribution in [0.2, 0.25) is 0 Å². The van der Waals surface area contributed by atoms with Crippen LogP contribution in [0.15, 0.2) is 16.7 Å². The van der Waals surface area contributed by atoms with Gasteiger partial charge in [0.1, 0.15) is 5.69 Å². The van der Waals surface area contributed by atoms with Crippen LogP contribution >= 0.6 is 27.7 Å². The van der Waals surface area contributed by atoms with Crippen molar-refractivity contribution in [3.05, 3.63) is 22.4 Å². The Hall–Kier alpha value is -0.420. The fraction of sp³-hybridized carbons (Fsp3) is 0.583. The van der Waals surface area contributed by atoms with E-state index >= 15 is 0 Å². The molecule has 1 fully saturated rings. The summed E-state index contributed by atoms with van der Waals surface area (Å²) in [6.07, 6.45) is 8.88. The van der Waals surface area contributed by atoms with Crippen LogP contribution in [0.3, 0.4) is 0 Å². The average molecular weight is 318 g/mol. The number of halogens is 1. The Balaban J connectivity index is 2.25. The molecule has 1 aliphatic rings. The second-order valence-corrected chi connectivity index (χ2v) is 6.76. The van der Waals surface area contributed by atoms with Gasteiger partial charge in [-0.25, -0.2) is 4.79 Å². The van der Waals surface area contributed by atoms with Gasteiger partial charge < -0.3 is 9.67 Å². The van der Waals surface area contributed by atoms with E-state index in [0.29, 0.717) is 5.69 Å². The Morgan fingerprint density at radius 2 is 2.24 bits per heavy atom. The number of hydrogen-bond acceptors (Lipinski definition) is 2. The molecule has 1 saturated carbocycles. The fourth-order valence-electron chi connectivity index (χ4n) is 2.54. The minimum Gasteiger partial charge on any atom is -0.477 e. The van der Waals surface area contributed by atoms with Gasteiger partial charge >= 0.3 is 5.97 Å². The molecule has 2 rings (SSSR count). The predicted octanol–water partition coefficient (Wildman–Crippen LogP) is 3.62. The monoisotopic (exact) mass is 317 g/mol. The molecule has 0 bridgehead atoms. The van der Waals surface area contributed by atoms with E-state index < -0.39 is 5.97 Å². The lowest BCUT2D eigenvalue weighted by Crippen LogP contribution is -2.28. The van der Waals surface area contributed by atoms with Crippen LogP contribution in [0.25, 0.3) is 0 Å². The largest absolute Gasteiger partial charge is 0.477 e. The van der Waals surface area contributed by atoms with E-state index in [1.54, 1.807) is 6.07 Å². The van der Waals surface area contributed by atoms with Gasteiger partial charge in [-0.1, -0.05) is 12.8 Å². The number of aromatic carboxylic acids is 1. The number of hydrogen-bond donors (Lipinski definition) is 1. The fourth-order valence-corrected chi connectivity index (χ4v) is 3.97. The van der Waals surface area contributed by atoms with Gasteiger partial charge in [-0.3, -0.25) is 0 Å². The summed E-state index contributed by atoms with van der Waals surface area (Å²) in [5.41, 5.74) is 0.372. The smallest absolute Gasteiger partial charge is 0.352 e. The van der Waals surface area contributed by atoms with Crippen molar-refractivity contribution in [3.63, 3.8) is 0 Å². The molecule has 1 N–H and O–H groups in total. The van der Waals surface area contributed by atoms with Gasteiger partial charge in [0.15, 0.2) is 0 Å². The van der Waals surface area contributed by atoms with E-state index in [9.17, 15) is 4.79 Å². The molecule has 0 spiro atoms. The third-order valence-corrected chi connectivity index (χ3v) is 5.33. The molecule has 0 amide bonds. The number of carboxylic acids is 1. The highest BCUT2D eigenvalue weighted by Crippen LogP contribution is 2.42. The second-order valence-electron chi connectivity index (χ2n) is 4.57. The Morgan fingerprint density at radius 3 is 2.76 bits per heavy atom. The standard InChI is InChI=1S/C12H16BrNO2S/c1-17-12(4-2-3-5-12)8-14-7-9(13)6-10(14)11(15)16/h6-7H,2-5,8H2,1H3,(H,15,16). The molecule has 0 aliphatic heterocycles. The average Bonchev–Trinajstić information content (AvgIpc) is 2.87. The maximum absolute atomic E-state index is 11.2. The number of nitrogens with zero attached hydrogens (tertiary/aromatic N) is 1. The van der Waals surface area contributed by atoms with Crippen molar-refractivity contribution in [1.82, 2.24) is 4.57 Å². The molecular formula is C12H16BrNO2S. The first kappa shape index (κ1) is 13.0. The second kappa shape index (κ2) is 5.06. The molecular weight excluding hydrogens is 302 g/mol. The molecule has 0 saturated heterocycles. The molecule has 0 unspecified atom stereocenters. The Bertz CT molecular complexity index is 424. The van der Waals surface area contributed by atoms with Gasteiger partial charge in [0.2, 0.25) is 0 Å². The third kappa shape index (κ3) is 2.71. The van der Waals surface area contributed by atoms with E-state index in [0.717, 1.165) is 11.0 Å². The quantitative estimate of drug-likeness (QED) is 0.922. The third-order valence-electron chi connectivity index (χ3n) is 3.49. The minimum atomic E-state index is -0.857. The van der Waals surface area contributed by atoms with Crippen LogP contribution in [-0.4, -0.2) is 26.6 Å². The van der Waals surface area contributed by atoms with Crippen molar-refractivity contribution in [2.45, 2.75) is 37.0 Å². The summed E-state index contributed by atoms with van der Waals surface area (Å²) >= 11 is 5.22. The summed E-state index contributed by atoms with van der Waals surface area (Å²) < 4.78 is 2.93. The number of rotatable bonds is 4. The number of aromatic nitrogens is 1. The molecule has 94 valence electrons. The summed E-state index contributed by atoms with van der Waals surface area (Å²) in [7, 11) is 0. The van der Waals surface area contributed by atoms with Crippen molar-refractivity contribution >= 4 is 33.7 Å². The van der Waals surface area contributed by atoms with Gasteiger partial charge in [-0.2, -0.15) is 11.8 Å². The van der Waals surface area contributed by atoms with Crippen LogP contribution in [0.5, 0.6) is 0 Å². The molecule has 1 aliphatic carbocycles. The van der Waals surface area contributed by atoms with E-state index in [1.165, 1.54) is 25.7 Å². The molecule has 5 heteroatoms. The van der Waals surface area contributed by atoms with Gasteiger partial charge in [0.05, 0.1) is 0 Å². The Kier molecular flexibility index (Phi) is 3.88. The number of thioether (sulfide) groups is 1. The summed E-state index contributed by atoms with van der Waals surface area (Å²) in [4.78, 5) is 11.2. The number of carboxylic acid groups (broad SMARTS) is 1. The first-order valence-corrected chi connectivity index (χ1v) is 7.72. The highest BCUT2D eigenvalue weighted by Gasteiger charge is 2.34. The lowest BCUT2D eigenvalue weighted by atomic mass is 10.1. The summed E-state index contributed by atoms with van der Waals surface area (Å²) in [6.45, 7) is 0.793. The van der Waals surface area contributed by atoms with E-state index in [-0.39, 0.29) is 4.75 Å². The van der Waals surface area contributed by atoms with Crippen LogP contribution in [0, 0.1) is 0 Å². The molecule has 3 nitrogen and oxygen atoms in total. The highest BCUT2D eigenvalue weighted by molar-refractivity contribution is 9.10. The van der Waals surface area contributed by atoms with Crippen LogP contribution < -0.4 is 0 Å². The number of carbonyl (C=O) groups is 1. The van der Waals surface area contributed by atoms with Crippen LogP contribution in [0.1, 0.15) is 36.2 Å². The zero-order valence-electron chi connectivity index (χ0n) is 9.78. The molecule has 0 atom stereocenters. The molecule has 0 aromatic carbocycles. The summed E-state index contributed by atoms with van der Waals surface area (Å²) in [5, 5.41) is 9.16. The molecule has 1 heterocycles. The van der Waals surface area contributed by atoms with Crippen LogP contribution in [-0.2, 0) is 6.54 Å². The predicted molar refractivity (Wildman–Crippen MR) is 73.8 cm³/mol. The maximum atomic E-state index is 11.2. The van der Waals surface area contributed by atoms with Gasteiger partial charge in [0.25, 0.3) is 0 Å². The maximum Gasteiger partial charge on any atom is 0.352 e. The zero-order valence-corrected chi connectivity index (χ0v) is 12.2. The normalized spacial score (nSPS) is 18.5. The SMILES string of the molecule is CSC1(Cn2cc(Br)cc2C(=O)O)CCCC1. The van der Waals surface area contributed by atoms with E-state index in [4.69, 9.17) is 5.11 Å². The van der Waals surface area contributed by atoms with Gasteiger partial charge in [-0.05, 0) is 41.1 Å². The van der Waals surface area contributed by atoms with Crippen molar-refractivity contribution in [2.75, 3.05) is 6.26 Å². The summed E-state index contributed by atoms with van der Waals surface area (Å²) in [5.74, 6) is -0.857. The minimum absolute atomic E-state index is 0.225. The zero-order chi connectivity index (χ0) is 12.5. The Morgan fingerprint density at radius 1 is 1.59 bits per heavy atom. The Labute approximate surface area is 114 Å². The lowest BCUT2D eigenvalue weighted by Gasteiger charge is -2.27. The molecule has 17 heavy (non-hydrogen) atoms. The first-order valence-electron chi connectivity index (χ1n) is 5.70. The topological polar surface area (TPSA) is 42.2 Å². The van der Waals surface area contributed by atoms with E-state index in [1.807, 2.05) is 22.5 Å². The molecule has 0 radical (unpaired) electrons. The van der Waals surface area contributed by atoms with Gasteiger partial charge in [-0.15, -0.1) is 0 Å². The molecule has 1 aromatic rings. The van der Waals surface area contributed by atoms with Crippen molar-refractivity contribution < 1.29 is 9.90 Å². The van der Waals surface area contributed by atoms with Crippen LogP contribution in [0.4, 0.5) is 0 Å². The first-order chi connectivity index (χ1) is 8.06. The van der Waals surface area contributed by atoms with Crippen molar-refractivity contribution in [2.24, 2.45) is 0 Å². The lowest BCUT2D eigenvalue weighted by molar-refractivity contribution is 0.0684. The van der Waals surface area contributed by atoms with Crippen molar-refractivity contribution in [3.8, 4) is 0 Å².